The van der Waals surface area contributed by atoms with Crippen LogP contribution in [0.1, 0.15) is 34.1 Å². The molecule has 1 heterocycles. The molecule has 0 unspecified atom stereocenters. The number of hydrogen-bond acceptors (Lipinski definition) is 6. The van der Waals surface area contributed by atoms with Crippen LogP contribution in [0.15, 0.2) is 18.2 Å². The van der Waals surface area contributed by atoms with Crippen LogP contribution in [0.25, 0.3) is 0 Å². The van der Waals surface area contributed by atoms with Gasteiger partial charge in [-0.3, -0.25) is 4.79 Å². The average molecular weight is 431 g/mol. The molecule has 0 aromatic heterocycles. The Labute approximate surface area is 176 Å². The second kappa shape index (κ2) is 9.62. The number of ether oxygens (including phenoxy) is 2. The van der Waals surface area contributed by atoms with Crippen molar-refractivity contribution < 1.29 is 28.0 Å². The van der Waals surface area contributed by atoms with Gasteiger partial charge in [0.15, 0.2) is 11.6 Å². The molecule has 1 aromatic carbocycles. The molecule has 1 amide bonds. The van der Waals surface area contributed by atoms with E-state index in [0.717, 1.165) is 0 Å². The number of nitrogens with one attached hydrogen (secondary N) is 1. The average Bonchev–Trinajstić information content (AvgIpc) is 2.83. The molecule has 0 aliphatic carbocycles. The van der Waals surface area contributed by atoms with Crippen LogP contribution >= 0.6 is 11.6 Å². The number of rotatable bonds is 9. The number of carbonyl (C=O) groups excluding carboxylic acids is 1. The second-order valence-electron chi connectivity index (χ2n) is 8.01. The van der Waals surface area contributed by atoms with Gasteiger partial charge in [-0.25, -0.2) is 4.39 Å². The summed E-state index contributed by atoms with van der Waals surface area (Å²) in [5.74, 6) is -1.44. The standard InChI is InChI=1S/C19H29BClFN2O5/c1-18(2)19(3,4)29-20(28-18)16(24-17(25)14(23)11-26-5)8-9-27-15-7-6-12(21)10-13(15)22/h6-7,10,14,16H,8-9,11,23H2,1-5H3,(H,24,25)/t14-,16-/m1/s1. The molecule has 0 radical (unpaired) electrons. The lowest BCUT2D eigenvalue weighted by Crippen LogP contribution is -2.54. The predicted octanol–water partition coefficient (Wildman–Crippen LogP) is 2.34. The Morgan fingerprint density at radius 3 is 2.48 bits per heavy atom. The second-order valence-corrected chi connectivity index (χ2v) is 8.45. The normalized spacial score (nSPS) is 19.7. The van der Waals surface area contributed by atoms with Gasteiger partial charge < -0.3 is 29.8 Å². The fraction of sp³-hybridized carbons (Fsp3) is 0.632. The summed E-state index contributed by atoms with van der Waals surface area (Å²) in [5, 5.41) is 3.12. The molecule has 29 heavy (non-hydrogen) atoms. The number of hydrogen-bond donors (Lipinski definition) is 2. The lowest BCUT2D eigenvalue weighted by Gasteiger charge is -2.32. The Morgan fingerprint density at radius 2 is 1.93 bits per heavy atom. The lowest BCUT2D eigenvalue weighted by atomic mass is 9.76. The van der Waals surface area contributed by atoms with Crippen LogP contribution in [-0.2, 0) is 18.8 Å². The number of amides is 1. The van der Waals surface area contributed by atoms with Crippen LogP contribution in [0.3, 0.4) is 0 Å². The van der Waals surface area contributed by atoms with Crippen molar-refractivity contribution in [2.75, 3.05) is 20.3 Å². The molecule has 0 saturated carbocycles. The zero-order chi connectivity index (χ0) is 21.8. The molecule has 1 aliphatic rings. The summed E-state index contributed by atoms with van der Waals surface area (Å²) < 4.78 is 36.5. The van der Waals surface area contributed by atoms with Crippen molar-refractivity contribution in [1.82, 2.24) is 5.32 Å². The van der Waals surface area contributed by atoms with E-state index in [9.17, 15) is 9.18 Å². The molecular weight excluding hydrogens is 401 g/mol. The van der Waals surface area contributed by atoms with Crippen LogP contribution < -0.4 is 15.8 Å². The van der Waals surface area contributed by atoms with E-state index in [2.05, 4.69) is 5.32 Å². The van der Waals surface area contributed by atoms with Crippen LogP contribution in [-0.4, -0.2) is 56.5 Å². The highest BCUT2D eigenvalue weighted by Gasteiger charge is 2.54. The quantitative estimate of drug-likeness (QED) is 0.584. The molecule has 7 nitrogen and oxygen atoms in total. The fourth-order valence-electron chi connectivity index (χ4n) is 2.76. The van der Waals surface area contributed by atoms with Gasteiger partial charge in [0.25, 0.3) is 0 Å². The lowest BCUT2D eigenvalue weighted by molar-refractivity contribution is -0.123. The molecule has 10 heteroatoms. The smallest absolute Gasteiger partial charge is 0.481 e. The minimum absolute atomic E-state index is 0.0736. The highest BCUT2D eigenvalue weighted by atomic mass is 35.5. The molecule has 1 aliphatic heterocycles. The highest BCUT2D eigenvalue weighted by Crippen LogP contribution is 2.37. The largest absolute Gasteiger partial charge is 0.490 e. The Balaban J connectivity index is 2.07. The van der Waals surface area contributed by atoms with Crippen LogP contribution in [0.2, 0.25) is 5.02 Å². The number of carbonyl (C=O) groups is 1. The van der Waals surface area contributed by atoms with Crippen molar-refractivity contribution in [1.29, 1.82) is 0 Å². The molecule has 1 fully saturated rings. The van der Waals surface area contributed by atoms with Crippen molar-refractivity contribution in [3.8, 4) is 5.75 Å². The van der Waals surface area contributed by atoms with E-state index in [1.165, 1.54) is 25.3 Å². The third-order valence-corrected chi connectivity index (χ3v) is 5.43. The first-order valence-corrected chi connectivity index (χ1v) is 9.83. The Morgan fingerprint density at radius 1 is 1.31 bits per heavy atom. The van der Waals surface area contributed by atoms with Crippen molar-refractivity contribution in [3.05, 3.63) is 29.0 Å². The molecule has 162 valence electrons. The first-order chi connectivity index (χ1) is 13.5. The van der Waals surface area contributed by atoms with Crippen molar-refractivity contribution in [2.24, 2.45) is 5.73 Å². The van der Waals surface area contributed by atoms with Crippen LogP contribution in [0, 0.1) is 5.82 Å². The molecular formula is C19H29BClFN2O5. The van der Waals surface area contributed by atoms with Gasteiger partial charge in [0.2, 0.25) is 5.91 Å². The van der Waals surface area contributed by atoms with Gasteiger partial charge in [-0.1, -0.05) is 11.6 Å². The molecule has 2 atom stereocenters. The van der Waals surface area contributed by atoms with E-state index in [1.54, 1.807) is 0 Å². The number of nitrogens with two attached hydrogens (primary N) is 1. The zero-order valence-corrected chi connectivity index (χ0v) is 18.2. The summed E-state index contributed by atoms with van der Waals surface area (Å²) in [6, 6.07) is 3.33. The predicted molar refractivity (Wildman–Crippen MR) is 109 cm³/mol. The summed E-state index contributed by atoms with van der Waals surface area (Å²) in [6.45, 7) is 7.87. The van der Waals surface area contributed by atoms with E-state index in [-0.39, 0.29) is 24.0 Å². The van der Waals surface area contributed by atoms with Gasteiger partial charge in [-0.15, -0.1) is 0 Å². The number of benzene rings is 1. The molecule has 3 N–H and O–H groups in total. The maximum Gasteiger partial charge on any atom is 0.481 e. The van der Waals surface area contributed by atoms with Gasteiger partial charge in [0.05, 0.1) is 30.4 Å². The van der Waals surface area contributed by atoms with Crippen LogP contribution in [0.5, 0.6) is 5.75 Å². The topological polar surface area (TPSA) is 92.0 Å². The first-order valence-electron chi connectivity index (χ1n) is 9.45. The SMILES string of the molecule is COC[C@@H](N)C(=O)N[C@H](CCOc1ccc(Cl)cc1F)B1OC(C)(C)C(C)(C)O1. The van der Waals surface area contributed by atoms with Gasteiger partial charge >= 0.3 is 7.12 Å². The molecule has 0 bridgehead atoms. The maximum atomic E-state index is 13.9. The summed E-state index contributed by atoms with van der Waals surface area (Å²) in [6.07, 6.45) is 0.310. The number of methoxy groups -OCH3 is 1. The number of halogens is 2. The van der Waals surface area contributed by atoms with E-state index in [4.69, 9.17) is 36.1 Å². The summed E-state index contributed by atoms with van der Waals surface area (Å²) in [5.41, 5.74) is 4.68. The maximum absolute atomic E-state index is 13.9. The van der Waals surface area contributed by atoms with E-state index in [1.807, 2.05) is 27.7 Å². The van der Waals surface area contributed by atoms with Gasteiger partial charge in [-0.2, -0.15) is 0 Å². The van der Waals surface area contributed by atoms with Gasteiger partial charge in [0.1, 0.15) is 6.04 Å². The third-order valence-electron chi connectivity index (χ3n) is 5.19. The minimum Gasteiger partial charge on any atom is -0.490 e. The van der Waals surface area contributed by atoms with Crippen molar-refractivity contribution >= 4 is 24.6 Å². The first kappa shape index (κ1) is 23.9. The van der Waals surface area contributed by atoms with Crippen molar-refractivity contribution in [3.63, 3.8) is 0 Å². The van der Waals surface area contributed by atoms with E-state index >= 15 is 0 Å². The summed E-state index contributed by atoms with van der Waals surface area (Å²) in [4.78, 5) is 12.4. The Hall–Kier alpha value is -1.39. The minimum atomic E-state index is -0.834. The van der Waals surface area contributed by atoms with Gasteiger partial charge in [0, 0.05) is 18.6 Å². The monoisotopic (exact) mass is 430 g/mol. The van der Waals surface area contributed by atoms with E-state index in [0.29, 0.717) is 6.42 Å². The summed E-state index contributed by atoms with van der Waals surface area (Å²) >= 11 is 5.76. The van der Waals surface area contributed by atoms with Crippen molar-refractivity contribution in [2.45, 2.75) is 57.3 Å². The summed E-state index contributed by atoms with van der Waals surface area (Å²) in [7, 11) is 0.755. The molecule has 1 aromatic rings. The molecule has 2 rings (SSSR count). The molecule has 1 saturated heterocycles. The van der Waals surface area contributed by atoms with Crippen LogP contribution in [0.4, 0.5) is 4.39 Å². The third kappa shape index (κ3) is 6.05. The fourth-order valence-corrected chi connectivity index (χ4v) is 2.92. The van der Waals surface area contributed by atoms with E-state index < -0.39 is 42.0 Å². The highest BCUT2D eigenvalue weighted by molar-refractivity contribution is 6.48. The Bertz CT molecular complexity index is 706. The van der Waals surface area contributed by atoms with Gasteiger partial charge in [-0.05, 0) is 45.9 Å². The Kier molecular flexibility index (Phi) is 7.92. The zero-order valence-electron chi connectivity index (χ0n) is 17.5. The molecule has 0 spiro atoms.